The van der Waals surface area contributed by atoms with Crippen molar-refractivity contribution in [2.45, 2.75) is 43.8 Å². The van der Waals surface area contributed by atoms with Gasteiger partial charge in [0.2, 0.25) is 5.91 Å². The first-order chi connectivity index (χ1) is 13.7. The Bertz CT molecular complexity index is 1100. The third-order valence-corrected chi connectivity index (χ3v) is 5.62. The Hall–Kier alpha value is -2.35. The maximum atomic E-state index is 12.9. The van der Waals surface area contributed by atoms with E-state index in [9.17, 15) is 14.7 Å². The van der Waals surface area contributed by atoms with Crippen molar-refractivity contribution in [3.63, 3.8) is 0 Å². The van der Waals surface area contributed by atoms with E-state index in [4.69, 9.17) is 11.6 Å². The van der Waals surface area contributed by atoms with Gasteiger partial charge in [-0.1, -0.05) is 41.1 Å². The van der Waals surface area contributed by atoms with Crippen LogP contribution in [0.1, 0.15) is 19.4 Å². The number of amides is 1. The van der Waals surface area contributed by atoms with E-state index in [-0.39, 0.29) is 18.0 Å². The zero-order chi connectivity index (χ0) is 21.1. The van der Waals surface area contributed by atoms with Crippen LogP contribution in [0, 0.1) is 6.92 Å². The number of carbonyl (C=O) groups is 1. The smallest absolute Gasteiger partial charge is 0.262 e. The number of halogens is 1. The number of rotatable bonds is 6. The molecular formula is C21H22ClN3O3S. The van der Waals surface area contributed by atoms with E-state index in [1.54, 1.807) is 32.0 Å². The van der Waals surface area contributed by atoms with Crippen LogP contribution in [-0.2, 0) is 11.3 Å². The number of fused-ring (bicyclic) bond motifs is 1. The van der Waals surface area contributed by atoms with Crippen LogP contribution < -0.4 is 10.9 Å². The zero-order valence-corrected chi connectivity index (χ0v) is 17.9. The van der Waals surface area contributed by atoms with Gasteiger partial charge in [0.05, 0.1) is 28.8 Å². The number of anilines is 1. The Kier molecular flexibility index (Phi) is 6.62. The summed E-state index contributed by atoms with van der Waals surface area (Å²) in [5.41, 5.74) is 1.98. The summed E-state index contributed by atoms with van der Waals surface area (Å²) < 4.78 is 1.40. The van der Waals surface area contributed by atoms with Crippen molar-refractivity contribution in [3.8, 4) is 0 Å². The van der Waals surface area contributed by atoms with Crippen LogP contribution in [0.5, 0.6) is 0 Å². The molecule has 1 amide bonds. The number of nitrogens with one attached hydrogen (secondary N) is 1. The van der Waals surface area contributed by atoms with Gasteiger partial charge in [0, 0.05) is 10.7 Å². The van der Waals surface area contributed by atoms with Gasteiger partial charge in [0.25, 0.3) is 5.56 Å². The molecule has 0 aliphatic carbocycles. The Morgan fingerprint density at radius 2 is 1.93 bits per heavy atom. The van der Waals surface area contributed by atoms with Crippen LogP contribution in [0.4, 0.5) is 5.69 Å². The number of aliphatic hydroxyl groups excluding tert-OH is 1. The van der Waals surface area contributed by atoms with Gasteiger partial charge in [0.15, 0.2) is 5.16 Å². The molecule has 0 fully saturated rings. The van der Waals surface area contributed by atoms with E-state index in [1.165, 1.54) is 4.57 Å². The van der Waals surface area contributed by atoms with Crippen molar-refractivity contribution in [2.75, 3.05) is 5.32 Å². The molecule has 29 heavy (non-hydrogen) atoms. The molecule has 8 heteroatoms. The van der Waals surface area contributed by atoms with E-state index in [1.807, 2.05) is 31.2 Å². The zero-order valence-electron chi connectivity index (χ0n) is 16.3. The number of nitrogens with zero attached hydrogens (tertiary/aromatic N) is 2. The average Bonchev–Trinajstić information content (AvgIpc) is 2.66. The van der Waals surface area contributed by atoms with Gasteiger partial charge in [-0.3, -0.25) is 14.2 Å². The van der Waals surface area contributed by atoms with Crippen molar-refractivity contribution in [3.05, 3.63) is 63.4 Å². The minimum absolute atomic E-state index is 0.0824. The normalized spacial score (nSPS) is 13.3. The Labute approximate surface area is 177 Å². The fourth-order valence-electron chi connectivity index (χ4n) is 2.78. The number of aryl methyl sites for hydroxylation is 1. The van der Waals surface area contributed by atoms with Crippen molar-refractivity contribution in [1.29, 1.82) is 0 Å². The second-order valence-corrected chi connectivity index (χ2v) is 8.68. The summed E-state index contributed by atoms with van der Waals surface area (Å²) in [5, 5.41) is 13.4. The molecule has 3 rings (SSSR count). The highest BCUT2D eigenvalue weighted by Crippen LogP contribution is 2.25. The van der Waals surface area contributed by atoms with Crippen molar-refractivity contribution < 1.29 is 9.90 Å². The molecule has 0 radical (unpaired) electrons. The van der Waals surface area contributed by atoms with Gasteiger partial charge in [0.1, 0.15) is 0 Å². The fourth-order valence-corrected chi connectivity index (χ4v) is 3.87. The second-order valence-electron chi connectivity index (χ2n) is 6.94. The molecule has 0 aliphatic heterocycles. The Morgan fingerprint density at radius 1 is 1.24 bits per heavy atom. The van der Waals surface area contributed by atoms with Gasteiger partial charge in [-0.2, -0.15) is 0 Å². The molecule has 152 valence electrons. The molecule has 0 saturated carbocycles. The van der Waals surface area contributed by atoms with Crippen molar-refractivity contribution >= 4 is 45.9 Å². The van der Waals surface area contributed by atoms with Crippen molar-refractivity contribution in [1.82, 2.24) is 9.55 Å². The van der Waals surface area contributed by atoms with Gasteiger partial charge >= 0.3 is 0 Å². The predicted octanol–water partition coefficient (Wildman–Crippen LogP) is 3.86. The largest absolute Gasteiger partial charge is 0.392 e. The minimum atomic E-state index is -0.740. The molecule has 6 nitrogen and oxygen atoms in total. The lowest BCUT2D eigenvalue weighted by atomic mass is 10.2. The number of benzene rings is 2. The Morgan fingerprint density at radius 3 is 2.59 bits per heavy atom. The molecule has 0 spiro atoms. The minimum Gasteiger partial charge on any atom is -0.392 e. The second kappa shape index (κ2) is 8.98. The average molecular weight is 432 g/mol. The van der Waals surface area contributed by atoms with Crippen molar-refractivity contribution in [2.24, 2.45) is 0 Å². The third-order valence-electron chi connectivity index (χ3n) is 4.30. The first-order valence-corrected chi connectivity index (χ1v) is 10.4. The van der Waals surface area contributed by atoms with E-state index >= 15 is 0 Å². The fraction of sp³-hybridized carbons (Fsp3) is 0.286. The molecular weight excluding hydrogens is 410 g/mol. The maximum absolute atomic E-state index is 12.9. The number of aliphatic hydroxyl groups is 1. The third kappa shape index (κ3) is 5.18. The summed E-state index contributed by atoms with van der Waals surface area (Å²) in [4.78, 5) is 30.1. The molecule has 1 aromatic heterocycles. The van der Waals surface area contributed by atoms with E-state index in [2.05, 4.69) is 10.3 Å². The topological polar surface area (TPSA) is 84.2 Å². The van der Waals surface area contributed by atoms with E-state index < -0.39 is 11.4 Å². The predicted molar refractivity (Wildman–Crippen MR) is 118 cm³/mol. The number of hydrogen-bond donors (Lipinski definition) is 2. The molecule has 2 unspecified atom stereocenters. The summed E-state index contributed by atoms with van der Waals surface area (Å²) in [7, 11) is 0. The summed E-state index contributed by atoms with van der Waals surface area (Å²) >= 11 is 7.21. The monoisotopic (exact) mass is 431 g/mol. The molecule has 1 heterocycles. The van der Waals surface area contributed by atoms with Crippen LogP contribution in [0.2, 0.25) is 5.02 Å². The quantitative estimate of drug-likeness (QED) is 0.457. The molecule has 2 aromatic carbocycles. The number of thioether (sulfide) groups is 1. The van der Waals surface area contributed by atoms with Gasteiger partial charge in [-0.05, 0) is 51.1 Å². The highest BCUT2D eigenvalue weighted by atomic mass is 35.5. The summed E-state index contributed by atoms with van der Waals surface area (Å²) in [6.45, 7) is 5.40. The number of aromatic nitrogens is 2. The highest BCUT2D eigenvalue weighted by Gasteiger charge is 2.20. The first-order valence-electron chi connectivity index (χ1n) is 9.17. The lowest BCUT2D eigenvalue weighted by molar-refractivity contribution is -0.115. The summed E-state index contributed by atoms with van der Waals surface area (Å²) in [5.74, 6) is -0.206. The van der Waals surface area contributed by atoms with Crippen LogP contribution in [-0.4, -0.2) is 31.9 Å². The first kappa shape index (κ1) is 21.4. The van der Waals surface area contributed by atoms with Crippen LogP contribution in [0.25, 0.3) is 10.9 Å². The van der Waals surface area contributed by atoms with Crippen LogP contribution in [0.15, 0.2) is 52.4 Å². The molecule has 2 atom stereocenters. The molecule has 0 aliphatic rings. The summed E-state index contributed by atoms with van der Waals surface area (Å²) in [6, 6.07) is 12.4. The molecule has 3 aromatic rings. The number of hydrogen-bond acceptors (Lipinski definition) is 5. The van der Waals surface area contributed by atoms with E-state index in [0.717, 1.165) is 17.3 Å². The summed E-state index contributed by atoms with van der Waals surface area (Å²) in [6.07, 6.45) is -0.740. The van der Waals surface area contributed by atoms with Gasteiger partial charge in [-0.15, -0.1) is 0 Å². The maximum Gasteiger partial charge on any atom is 0.262 e. The van der Waals surface area contributed by atoms with Gasteiger partial charge < -0.3 is 10.4 Å². The number of carbonyl (C=O) groups excluding carboxylic acids is 1. The SMILES string of the molecule is Cc1ccc(NC(=O)C(C)Sc2nc3cc(Cl)ccc3c(=O)n2CC(C)O)cc1. The van der Waals surface area contributed by atoms with Crippen LogP contribution >= 0.6 is 23.4 Å². The molecule has 2 N–H and O–H groups in total. The molecule has 0 bridgehead atoms. The lowest BCUT2D eigenvalue weighted by Gasteiger charge is -2.17. The lowest BCUT2D eigenvalue weighted by Crippen LogP contribution is -2.29. The van der Waals surface area contributed by atoms with E-state index in [0.29, 0.717) is 26.8 Å². The molecule has 0 saturated heterocycles. The van der Waals surface area contributed by atoms with Gasteiger partial charge in [-0.25, -0.2) is 4.98 Å². The Balaban J connectivity index is 1.91. The highest BCUT2D eigenvalue weighted by molar-refractivity contribution is 8.00. The van der Waals surface area contributed by atoms with Crippen LogP contribution in [0.3, 0.4) is 0 Å². The standard InChI is InChI=1S/C21H22ClN3O3S/c1-12-4-7-16(8-5-12)23-19(27)14(3)29-21-24-18-10-15(22)6-9-17(18)20(28)25(21)11-13(2)26/h4-10,13-14,26H,11H2,1-3H3,(H,23,27).